The molecule has 3 saturated heterocycles. The molecular weight excluding hydrogens is 324 g/mol. The summed E-state index contributed by atoms with van der Waals surface area (Å²) in [6.07, 6.45) is 2.62. The summed E-state index contributed by atoms with van der Waals surface area (Å²) in [7, 11) is 0. The highest BCUT2D eigenvalue weighted by Crippen LogP contribution is 2.24. The fourth-order valence-electron chi connectivity index (χ4n) is 4.78. The van der Waals surface area contributed by atoms with Crippen molar-refractivity contribution in [2.75, 3.05) is 57.3 Å². The van der Waals surface area contributed by atoms with Gasteiger partial charge in [0.2, 0.25) is 5.91 Å². The molecule has 2 atom stereocenters. The highest BCUT2D eigenvalue weighted by molar-refractivity contribution is 5.78. The van der Waals surface area contributed by atoms with Gasteiger partial charge in [-0.05, 0) is 50.9 Å². The number of piperazine rings is 2. The normalized spacial score (nSPS) is 27.6. The Morgan fingerprint density at radius 1 is 1.12 bits per heavy atom. The van der Waals surface area contributed by atoms with E-state index in [9.17, 15) is 4.79 Å². The molecule has 0 aliphatic carbocycles. The first-order valence-corrected chi connectivity index (χ1v) is 10.2. The molecular formula is C21H32N4O. The van der Waals surface area contributed by atoms with Gasteiger partial charge < -0.3 is 9.80 Å². The van der Waals surface area contributed by atoms with Crippen molar-refractivity contribution < 1.29 is 4.79 Å². The van der Waals surface area contributed by atoms with E-state index in [1.807, 2.05) is 0 Å². The van der Waals surface area contributed by atoms with Gasteiger partial charge in [0.1, 0.15) is 0 Å². The summed E-state index contributed by atoms with van der Waals surface area (Å²) in [6.45, 7) is 12.0. The molecule has 3 aliphatic heterocycles. The zero-order valence-electron chi connectivity index (χ0n) is 16.2. The van der Waals surface area contributed by atoms with Gasteiger partial charge in [0.15, 0.2) is 0 Å². The zero-order valence-corrected chi connectivity index (χ0v) is 16.2. The van der Waals surface area contributed by atoms with Crippen molar-refractivity contribution in [2.45, 2.75) is 38.8 Å². The molecule has 1 aromatic rings. The number of fused-ring (bicyclic) bond motifs is 1. The van der Waals surface area contributed by atoms with Gasteiger partial charge in [0, 0.05) is 57.0 Å². The quantitative estimate of drug-likeness (QED) is 0.826. The molecule has 0 aromatic heterocycles. The van der Waals surface area contributed by atoms with E-state index in [0.717, 1.165) is 39.3 Å². The second-order valence-electron chi connectivity index (χ2n) is 8.28. The number of carbonyl (C=O) groups excluding carboxylic acids is 1. The molecule has 2 unspecified atom stereocenters. The van der Waals surface area contributed by atoms with Gasteiger partial charge in [-0.2, -0.15) is 0 Å². The highest BCUT2D eigenvalue weighted by Gasteiger charge is 2.35. The molecule has 3 fully saturated rings. The van der Waals surface area contributed by atoms with Crippen LogP contribution in [-0.2, 0) is 4.79 Å². The number of amides is 1. The fraction of sp³-hybridized carbons (Fsp3) is 0.667. The minimum atomic E-state index is 0.312. The Balaban J connectivity index is 1.29. The van der Waals surface area contributed by atoms with E-state index in [4.69, 9.17) is 0 Å². The lowest BCUT2D eigenvalue weighted by Crippen LogP contribution is -2.58. The van der Waals surface area contributed by atoms with Crippen LogP contribution in [-0.4, -0.2) is 85.0 Å². The third-order valence-corrected chi connectivity index (χ3v) is 6.40. The predicted molar refractivity (Wildman–Crippen MR) is 106 cm³/mol. The van der Waals surface area contributed by atoms with Crippen molar-refractivity contribution in [3.8, 4) is 0 Å². The maximum absolute atomic E-state index is 12.9. The van der Waals surface area contributed by atoms with Crippen molar-refractivity contribution in [1.82, 2.24) is 14.7 Å². The van der Waals surface area contributed by atoms with E-state index in [2.05, 4.69) is 57.7 Å². The van der Waals surface area contributed by atoms with E-state index in [1.54, 1.807) is 0 Å². The van der Waals surface area contributed by atoms with Crippen molar-refractivity contribution in [3.63, 3.8) is 0 Å². The third kappa shape index (κ3) is 3.74. The first kappa shape index (κ1) is 17.8. The Hall–Kier alpha value is -1.59. The summed E-state index contributed by atoms with van der Waals surface area (Å²) < 4.78 is 0. The molecule has 142 valence electrons. The summed E-state index contributed by atoms with van der Waals surface area (Å²) in [5, 5.41) is 0. The molecule has 0 radical (unpaired) electrons. The number of aryl methyl sites for hydroxylation is 1. The average molecular weight is 357 g/mol. The topological polar surface area (TPSA) is 30.0 Å². The van der Waals surface area contributed by atoms with Crippen LogP contribution in [0.25, 0.3) is 0 Å². The molecule has 3 heterocycles. The van der Waals surface area contributed by atoms with Gasteiger partial charge in [0.25, 0.3) is 0 Å². The van der Waals surface area contributed by atoms with Crippen LogP contribution in [0.2, 0.25) is 0 Å². The largest absolute Gasteiger partial charge is 0.368 e. The van der Waals surface area contributed by atoms with Crippen LogP contribution in [0.4, 0.5) is 5.69 Å². The van der Waals surface area contributed by atoms with Gasteiger partial charge in [-0.25, -0.2) is 0 Å². The van der Waals surface area contributed by atoms with Crippen LogP contribution in [0, 0.1) is 6.92 Å². The zero-order chi connectivity index (χ0) is 18.1. The van der Waals surface area contributed by atoms with Gasteiger partial charge in [-0.1, -0.05) is 12.1 Å². The minimum Gasteiger partial charge on any atom is -0.368 e. The lowest BCUT2D eigenvalue weighted by atomic mass is 10.1. The van der Waals surface area contributed by atoms with Gasteiger partial charge in [0.05, 0.1) is 6.54 Å². The molecule has 26 heavy (non-hydrogen) atoms. The summed E-state index contributed by atoms with van der Waals surface area (Å²) >= 11 is 0. The van der Waals surface area contributed by atoms with Crippen LogP contribution in [0.15, 0.2) is 24.3 Å². The van der Waals surface area contributed by atoms with Gasteiger partial charge in [-0.3, -0.25) is 14.6 Å². The predicted octanol–water partition coefficient (Wildman–Crippen LogP) is 1.81. The molecule has 1 aromatic carbocycles. The molecule has 0 spiro atoms. The molecule has 5 heteroatoms. The number of hydrogen-bond donors (Lipinski definition) is 0. The smallest absolute Gasteiger partial charge is 0.236 e. The number of nitrogens with zero attached hydrogens (tertiary/aromatic N) is 4. The Bertz CT molecular complexity index is 641. The Kier molecular flexibility index (Phi) is 5.18. The summed E-state index contributed by atoms with van der Waals surface area (Å²) in [5.74, 6) is 0.312. The summed E-state index contributed by atoms with van der Waals surface area (Å²) in [6, 6.07) is 9.83. The molecule has 0 N–H and O–H groups in total. The first-order valence-electron chi connectivity index (χ1n) is 10.2. The number of carbonyl (C=O) groups is 1. The maximum Gasteiger partial charge on any atom is 0.236 e. The Morgan fingerprint density at radius 3 is 2.69 bits per heavy atom. The second kappa shape index (κ2) is 7.57. The first-order chi connectivity index (χ1) is 12.6. The van der Waals surface area contributed by atoms with Gasteiger partial charge in [-0.15, -0.1) is 0 Å². The molecule has 4 rings (SSSR count). The van der Waals surface area contributed by atoms with Crippen molar-refractivity contribution in [3.05, 3.63) is 29.8 Å². The average Bonchev–Trinajstić information content (AvgIpc) is 3.09. The second-order valence-corrected chi connectivity index (χ2v) is 8.28. The number of benzene rings is 1. The Labute approximate surface area is 157 Å². The van der Waals surface area contributed by atoms with E-state index >= 15 is 0 Å². The van der Waals surface area contributed by atoms with Crippen LogP contribution in [0.1, 0.15) is 25.3 Å². The number of hydrogen-bond acceptors (Lipinski definition) is 4. The monoisotopic (exact) mass is 356 g/mol. The SMILES string of the molecule is Cc1cccc(N2CCN(C(=O)CN3CC4CCCN4CC3C)CC2)c1. The van der Waals surface area contributed by atoms with E-state index < -0.39 is 0 Å². The third-order valence-electron chi connectivity index (χ3n) is 6.40. The number of anilines is 1. The van der Waals surface area contributed by atoms with Crippen LogP contribution >= 0.6 is 0 Å². The van der Waals surface area contributed by atoms with E-state index in [0.29, 0.717) is 24.5 Å². The lowest BCUT2D eigenvalue weighted by Gasteiger charge is -2.43. The van der Waals surface area contributed by atoms with E-state index in [1.165, 1.54) is 30.6 Å². The van der Waals surface area contributed by atoms with Crippen molar-refractivity contribution >= 4 is 11.6 Å². The maximum atomic E-state index is 12.9. The van der Waals surface area contributed by atoms with Crippen LogP contribution < -0.4 is 4.90 Å². The standard InChI is InChI=1S/C21H32N4O/c1-17-5-3-6-19(13-17)22-9-11-23(12-10-22)21(26)16-25-15-20-7-4-8-24(20)14-18(25)2/h3,5-6,13,18,20H,4,7-12,14-16H2,1-2H3. The molecule has 0 bridgehead atoms. The fourth-order valence-corrected chi connectivity index (χ4v) is 4.78. The molecule has 5 nitrogen and oxygen atoms in total. The Morgan fingerprint density at radius 2 is 1.92 bits per heavy atom. The van der Waals surface area contributed by atoms with Crippen molar-refractivity contribution in [2.24, 2.45) is 0 Å². The van der Waals surface area contributed by atoms with Crippen LogP contribution in [0.5, 0.6) is 0 Å². The highest BCUT2D eigenvalue weighted by atomic mass is 16.2. The molecule has 0 saturated carbocycles. The van der Waals surface area contributed by atoms with Crippen LogP contribution in [0.3, 0.4) is 0 Å². The van der Waals surface area contributed by atoms with E-state index in [-0.39, 0.29) is 0 Å². The molecule has 1 amide bonds. The summed E-state index contributed by atoms with van der Waals surface area (Å²) in [4.78, 5) is 22.4. The van der Waals surface area contributed by atoms with Gasteiger partial charge >= 0.3 is 0 Å². The minimum absolute atomic E-state index is 0.312. The molecule has 3 aliphatic rings. The number of rotatable bonds is 3. The van der Waals surface area contributed by atoms with Crippen molar-refractivity contribution in [1.29, 1.82) is 0 Å². The summed E-state index contributed by atoms with van der Waals surface area (Å²) in [5.41, 5.74) is 2.57. The lowest BCUT2D eigenvalue weighted by molar-refractivity contribution is -0.134.